The van der Waals surface area contributed by atoms with Crippen LogP contribution < -0.4 is 5.43 Å². The van der Waals surface area contributed by atoms with Crippen LogP contribution in [0.5, 0.6) is 0 Å². The third kappa shape index (κ3) is 4.91. The molecule has 0 aliphatic rings. The van der Waals surface area contributed by atoms with Crippen molar-refractivity contribution in [3.63, 3.8) is 0 Å². The Morgan fingerprint density at radius 2 is 1.55 bits per heavy atom. The molecule has 1 heterocycles. The van der Waals surface area contributed by atoms with E-state index in [4.69, 9.17) is 4.74 Å². The molecular formula is C25H28NO2S+. The molecule has 0 aliphatic carbocycles. The third-order valence-electron chi connectivity index (χ3n) is 5.17. The first kappa shape index (κ1) is 21.2. The monoisotopic (exact) mass is 406 g/mol. The molecule has 0 aliphatic heterocycles. The van der Waals surface area contributed by atoms with E-state index in [1.54, 1.807) is 11.3 Å². The highest BCUT2D eigenvalue weighted by Gasteiger charge is 2.22. The van der Waals surface area contributed by atoms with Gasteiger partial charge in [0, 0.05) is 20.2 Å². The highest BCUT2D eigenvalue weighted by molar-refractivity contribution is 7.24. The summed E-state index contributed by atoms with van der Waals surface area (Å²) in [6.45, 7) is 16.2. The fourth-order valence-electron chi connectivity index (χ4n) is 3.71. The first-order valence-corrected chi connectivity index (χ1v) is 10.6. The number of quaternary nitrogens is 1. The molecule has 3 aromatic rings. The molecule has 0 bridgehead atoms. The quantitative estimate of drug-likeness (QED) is 0.187. The molecule has 0 radical (unpaired) electrons. The Balaban J connectivity index is 1.72. The summed E-state index contributed by atoms with van der Waals surface area (Å²) in [5.74, 6) is 0. The molecule has 29 heavy (non-hydrogen) atoms. The van der Waals surface area contributed by atoms with Crippen LogP contribution in [0.3, 0.4) is 0 Å². The smallest absolute Gasteiger partial charge is 0.195 e. The van der Waals surface area contributed by atoms with Gasteiger partial charge in [-0.1, -0.05) is 37.9 Å². The number of nitrogens with zero attached hydrogens (tertiary/aromatic N) is 1. The fourth-order valence-corrected chi connectivity index (χ4v) is 4.76. The van der Waals surface area contributed by atoms with Gasteiger partial charge in [0.25, 0.3) is 0 Å². The zero-order valence-electron chi connectivity index (χ0n) is 16.8. The van der Waals surface area contributed by atoms with E-state index in [0.717, 1.165) is 56.4 Å². The summed E-state index contributed by atoms with van der Waals surface area (Å²) >= 11 is 1.65. The number of hydrogen-bond acceptors (Lipinski definition) is 3. The predicted molar refractivity (Wildman–Crippen MR) is 126 cm³/mol. The van der Waals surface area contributed by atoms with Crippen LogP contribution in [0.25, 0.3) is 20.2 Å². The van der Waals surface area contributed by atoms with E-state index >= 15 is 0 Å². The summed E-state index contributed by atoms with van der Waals surface area (Å²) in [4.78, 5) is 12.9. The summed E-state index contributed by atoms with van der Waals surface area (Å²) in [5, 5.41) is 1.55. The zero-order chi connectivity index (χ0) is 20.7. The minimum atomic E-state index is 0.0924. The number of fused-ring (bicyclic) bond motifs is 2. The second kappa shape index (κ2) is 9.79. The summed E-state index contributed by atoms with van der Waals surface area (Å²) in [6, 6.07) is 13.8. The number of hydrogen-bond donors (Lipinski definition) is 0. The van der Waals surface area contributed by atoms with Crippen molar-refractivity contribution in [3.8, 4) is 0 Å². The maximum absolute atomic E-state index is 12.9. The van der Waals surface area contributed by atoms with Crippen LogP contribution >= 0.6 is 11.3 Å². The molecule has 0 spiro atoms. The average molecular weight is 407 g/mol. The summed E-state index contributed by atoms with van der Waals surface area (Å²) in [7, 11) is 0. The standard InChI is InChI=1S/C25H28NO2S/c1-4-13-26(14-5-2,15-6-3)16-17-28-19-20-11-12-24-22(18-20)25(27)21-9-7-8-10-23(21)29-24/h4-12,18H,1-3,13-17,19H2/q+1. The van der Waals surface area contributed by atoms with Crippen LogP contribution in [0.15, 0.2) is 85.2 Å². The van der Waals surface area contributed by atoms with Gasteiger partial charge >= 0.3 is 0 Å². The fraction of sp³-hybridized carbons (Fsp3) is 0.240. The molecule has 4 heteroatoms. The first-order chi connectivity index (χ1) is 14.1. The minimum Gasteiger partial charge on any atom is -0.371 e. The lowest BCUT2D eigenvalue weighted by molar-refractivity contribution is -0.912. The molecule has 3 nitrogen and oxygen atoms in total. The van der Waals surface area contributed by atoms with E-state index in [1.165, 1.54) is 0 Å². The lowest BCUT2D eigenvalue weighted by Crippen LogP contribution is -2.50. The highest BCUT2D eigenvalue weighted by Crippen LogP contribution is 2.25. The number of rotatable bonds is 11. The Morgan fingerprint density at radius 3 is 2.24 bits per heavy atom. The number of ether oxygens (including phenoxy) is 1. The van der Waals surface area contributed by atoms with E-state index in [-0.39, 0.29) is 5.43 Å². The van der Waals surface area contributed by atoms with Gasteiger partial charge in [0.2, 0.25) is 0 Å². The van der Waals surface area contributed by atoms with Crippen LogP contribution in [0.4, 0.5) is 0 Å². The molecule has 0 N–H and O–H groups in total. The molecule has 0 atom stereocenters. The third-order valence-corrected chi connectivity index (χ3v) is 6.32. The van der Waals surface area contributed by atoms with E-state index in [9.17, 15) is 4.79 Å². The molecule has 0 fully saturated rings. The normalized spacial score (nSPS) is 11.6. The van der Waals surface area contributed by atoms with Gasteiger partial charge in [-0.25, -0.2) is 0 Å². The predicted octanol–water partition coefficient (Wildman–Crippen LogP) is 5.31. The lowest BCUT2D eigenvalue weighted by Gasteiger charge is -2.36. The van der Waals surface area contributed by atoms with Crippen LogP contribution in [0, 0.1) is 0 Å². The molecular weight excluding hydrogens is 378 g/mol. The first-order valence-electron chi connectivity index (χ1n) is 9.82. The van der Waals surface area contributed by atoms with Crippen molar-refractivity contribution in [2.24, 2.45) is 0 Å². The Morgan fingerprint density at radius 1 is 0.897 bits per heavy atom. The van der Waals surface area contributed by atoms with E-state index < -0.39 is 0 Å². The summed E-state index contributed by atoms with van der Waals surface area (Å²) in [6.07, 6.45) is 5.83. The SMILES string of the molecule is C=CC[N+](CC=C)(CC=C)CCOCc1ccc2sc3ccccc3c(=O)c2c1. The second-order valence-electron chi connectivity index (χ2n) is 7.29. The van der Waals surface area contributed by atoms with Crippen molar-refractivity contribution in [2.45, 2.75) is 6.61 Å². The highest BCUT2D eigenvalue weighted by atomic mass is 32.1. The van der Waals surface area contributed by atoms with Gasteiger partial charge in [0.1, 0.15) is 6.54 Å². The Bertz CT molecular complexity index is 1060. The molecule has 0 saturated heterocycles. The molecule has 0 amide bonds. The van der Waals surface area contributed by atoms with Gasteiger partial charge in [-0.15, -0.1) is 11.3 Å². The van der Waals surface area contributed by atoms with E-state index in [2.05, 4.69) is 19.7 Å². The summed E-state index contributed by atoms with van der Waals surface area (Å²) in [5.41, 5.74) is 1.11. The van der Waals surface area contributed by atoms with Crippen molar-refractivity contribution < 1.29 is 9.22 Å². The molecule has 150 valence electrons. The average Bonchev–Trinajstić information content (AvgIpc) is 2.72. The van der Waals surface area contributed by atoms with Crippen LogP contribution in [-0.4, -0.2) is 37.3 Å². The van der Waals surface area contributed by atoms with Gasteiger partial charge in [-0.05, 0) is 48.1 Å². The molecule has 0 saturated carbocycles. The van der Waals surface area contributed by atoms with Crippen LogP contribution in [0.1, 0.15) is 5.56 Å². The van der Waals surface area contributed by atoms with E-state index in [1.807, 2.05) is 60.7 Å². The largest absolute Gasteiger partial charge is 0.371 e. The van der Waals surface area contributed by atoms with Gasteiger partial charge in [-0.3, -0.25) is 4.79 Å². The maximum Gasteiger partial charge on any atom is 0.195 e. The Hall–Kier alpha value is -2.53. The van der Waals surface area contributed by atoms with Gasteiger partial charge in [-0.2, -0.15) is 0 Å². The Kier molecular flexibility index (Phi) is 7.15. The zero-order valence-corrected chi connectivity index (χ0v) is 17.6. The topological polar surface area (TPSA) is 26.3 Å². The van der Waals surface area contributed by atoms with Crippen LogP contribution in [-0.2, 0) is 11.3 Å². The van der Waals surface area contributed by atoms with Gasteiger partial charge in [0.15, 0.2) is 5.43 Å². The van der Waals surface area contributed by atoms with Crippen molar-refractivity contribution in [3.05, 3.63) is 96.2 Å². The molecule has 2 aromatic carbocycles. The molecule has 3 rings (SSSR count). The van der Waals surface area contributed by atoms with E-state index in [0.29, 0.717) is 13.2 Å². The van der Waals surface area contributed by atoms with Gasteiger partial charge in [0.05, 0.1) is 32.8 Å². The van der Waals surface area contributed by atoms with Crippen molar-refractivity contribution in [1.29, 1.82) is 0 Å². The lowest BCUT2D eigenvalue weighted by atomic mass is 10.1. The Labute approximate surface area is 176 Å². The minimum absolute atomic E-state index is 0.0924. The maximum atomic E-state index is 12.9. The molecule has 1 aromatic heterocycles. The van der Waals surface area contributed by atoms with Crippen LogP contribution in [0.2, 0.25) is 0 Å². The van der Waals surface area contributed by atoms with Crippen molar-refractivity contribution in [1.82, 2.24) is 0 Å². The second-order valence-corrected chi connectivity index (χ2v) is 8.37. The van der Waals surface area contributed by atoms with Crippen molar-refractivity contribution in [2.75, 3.05) is 32.8 Å². The number of benzene rings is 2. The van der Waals surface area contributed by atoms with Gasteiger partial charge < -0.3 is 9.22 Å². The summed E-state index contributed by atoms with van der Waals surface area (Å²) < 4.78 is 8.82. The molecule has 0 unspecified atom stereocenters. The van der Waals surface area contributed by atoms with Crippen molar-refractivity contribution >= 4 is 31.5 Å².